The van der Waals surface area contributed by atoms with Crippen LogP contribution in [0.4, 0.5) is 5.69 Å². The number of carbonyl (C=O) groups excluding carboxylic acids is 1. The first-order valence-corrected chi connectivity index (χ1v) is 10.0. The van der Waals surface area contributed by atoms with Gasteiger partial charge in [0.2, 0.25) is 10.0 Å². The molecule has 1 heterocycles. The van der Waals surface area contributed by atoms with Gasteiger partial charge in [0.1, 0.15) is 0 Å². The highest BCUT2D eigenvalue weighted by molar-refractivity contribution is 7.89. The molecule has 0 saturated carbocycles. The van der Waals surface area contributed by atoms with Crippen molar-refractivity contribution in [1.82, 2.24) is 9.62 Å². The highest BCUT2D eigenvalue weighted by Crippen LogP contribution is 2.28. The molecular formula is C16H23N3O6S. The third-order valence-electron chi connectivity index (χ3n) is 4.22. The number of amides is 1. The van der Waals surface area contributed by atoms with Crippen LogP contribution >= 0.6 is 0 Å². The zero-order valence-electron chi connectivity index (χ0n) is 14.8. The van der Waals surface area contributed by atoms with E-state index in [2.05, 4.69) is 4.72 Å². The molecule has 1 amide bonds. The first-order chi connectivity index (χ1) is 12.3. The number of nitro groups is 1. The number of likely N-dealkylation sites (tertiary alicyclic amines) is 1. The molecule has 1 aromatic carbocycles. The average Bonchev–Trinajstić information content (AvgIpc) is 2.60. The Morgan fingerprint density at radius 3 is 2.58 bits per heavy atom. The summed E-state index contributed by atoms with van der Waals surface area (Å²) in [5, 5.41) is 11.1. The lowest BCUT2D eigenvalue weighted by atomic mass is 10.0. The highest BCUT2D eigenvalue weighted by Gasteiger charge is 2.27. The van der Waals surface area contributed by atoms with E-state index in [9.17, 15) is 23.3 Å². The Kier molecular flexibility index (Phi) is 6.54. The number of nitrogens with zero attached hydrogens (tertiary/aromatic N) is 2. The van der Waals surface area contributed by atoms with Crippen LogP contribution in [0.5, 0.6) is 5.75 Å². The molecule has 1 aromatic rings. The number of nitrogens with one attached hydrogen (secondary N) is 1. The van der Waals surface area contributed by atoms with Crippen LogP contribution in [0.3, 0.4) is 0 Å². The molecule has 0 spiro atoms. The molecule has 9 nitrogen and oxygen atoms in total. The highest BCUT2D eigenvalue weighted by atomic mass is 32.2. The van der Waals surface area contributed by atoms with Crippen LogP contribution < -0.4 is 9.46 Å². The summed E-state index contributed by atoms with van der Waals surface area (Å²) in [6.45, 7) is 2.57. The van der Waals surface area contributed by atoms with Gasteiger partial charge in [-0.25, -0.2) is 13.1 Å². The molecule has 0 aliphatic carbocycles. The van der Waals surface area contributed by atoms with Gasteiger partial charge < -0.3 is 9.64 Å². The van der Waals surface area contributed by atoms with Crippen LogP contribution in [-0.2, 0) is 10.0 Å². The second-order valence-corrected chi connectivity index (χ2v) is 8.02. The lowest BCUT2D eigenvalue weighted by Crippen LogP contribution is -2.47. The van der Waals surface area contributed by atoms with Crippen molar-refractivity contribution >= 4 is 21.6 Å². The summed E-state index contributed by atoms with van der Waals surface area (Å²) in [7, 11) is -1.96. The summed E-state index contributed by atoms with van der Waals surface area (Å²) in [6, 6.07) is 3.90. The minimum Gasteiger partial charge on any atom is -0.490 e. The topological polar surface area (TPSA) is 119 Å². The SMILES string of the molecule is CCCS(=O)(=O)NC1CCN(C(=O)c2ccc(OC)c([N+](=O)[O-])c2)CC1. The quantitative estimate of drug-likeness (QED) is 0.562. The van der Waals surface area contributed by atoms with Gasteiger partial charge in [-0.2, -0.15) is 0 Å². The second-order valence-electron chi connectivity index (χ2n) is 6.15. The molecule has 0 bridgehead atoms. The number of nitro benzene ring substituents is 1. The summed E-state index contributed by atoms with van der Waals surface area (Å²) >= 11 is 0. The molecule has 1 fully saturated rings. The Bertz CT molecular complexity index is 772. The van der Waals surface area contributed by atoms with Gasteiger partial charge in [-0.1, -0.05) is 6.92 Å². The molecule has 0 radical (unpaired) electrons. The third kappa shape index (κ3) is 4.92. The molecule has 0 unspecified atom stereocenters. The average molecular weight is 385 g/mol. The molecule has 1 N–H and O–H groups in total. The fourth-order valence-corrected chi connectivity index (χ4v) is 4.33. The minimum atomic E-state index is -3.29. The summed E-state index contributed by atoms with van der Waals surface area (Å²) in [6.07, 6.45) is 1.56. The van der Waals surface area contributed by atoms with Gasteiger partial charge >= 0.3 is 5.69 Å². The second kappa shape index (κ2) is 8.45. The molecule has 2 rings (SSSR count). The van der Waals surface area contributed by atoms with Crippen molar-refractivity contribution in [3.63, 3.8) is 0 Å². The van der Waals surface area contributed by atoms with Crippen molar-refractivity contribution in [3.8, 4) is 5.75 Å². The molecule has 0 aromatic heterocycles. The minimum absolute atomic E-state index is 0.0850. The van der Waals surface area contributed by atoms with Crippen LogP contribution in [0.25, 0.3) is 0 Å². The van der Waals surface area contributed by atoms with Crippen molar-refractivity contribution in [2.24, 2.45) is 0 Å². The van der Waals surface area contributed by atoms with E-state index in [1.54, 1.807) is 11.8 Å². The number of hydrogen-bond acceptors (Lipinski definition) is 6. The van der Waals surface area contributed by atoms with Crippen molar-refractivity contribution in [3.05, 3.63) is 33.9 Å². The monoisotopic (exact) mass is 385 g/mol. The zero-order valence-corrected chi connectivity index (χ0v) is 15.6. The standard InChI is InChI=1S/C16H23N3O6S/c1-3-10-26(23,24)17-13-6-8-18(9-7-13)16(20)12-4-5-15(25-2)14(11-12)19(21)22/h4-5,11,13,17H,3,6-10H2,1-2H3. The van der Waals surface area contributed by atoms with Gasteiger partial charge in [0.15, 0.2) is 5.75 Å². The van der Waals surface area contributed by atoms with Crippen LogP contribution in [-0.4, -0.2) is 56.1 Å². The smallest absolute Gasteiger partial charge is 0.311 e. The number of methoxy groups -OCH3 is 1. The normalized spacial score (nSPS) is 15.7. The van der Waals surface area contributed by atoms with Crippen molar-refractivity contribution < 1.29 is 22.9 Å². The van der Waals surface area contributed by atoms with Gasteiger partial charge in [0.05, 0.1) is 17.8 Å². The Hall–Kier alpha value is -2.20. The maximum Gasteiger partial charge on any atom is 0.311 e. The van der Waals surface area contributed by atoms with E-state index in [1.807, 2.05) is 0 Å². The fraction of sp³-hybridized carbons (Fsp3) is 0.562. The number of ether oxygens (including phenoxy) is 1. The van der Waals surface area contributed by atoms with Gasteiger partial charge in [0.25, 0.3) is 5.91 Å². The van der Waals surface area contributed by atoms with E-state index in [0.29, 0.717) is 32.4 Å². The van der Waals surface area contributed by atoms with E-state index in [4.69, 9.17) is 4.74 Å². The Balaban J connectivity index is 2.02. The summed E-state index contributed by atoms with van der Waals surface area (Å²) < 4.78 is 31.3. The Labute approximate surface area is 152 Å². The van der Waals surface area contributed by atoms with Crippen LogP contribution in [0, 0.1) is 10.1 Å². The van der Waals surface area contributed by atoms with Gasteiger partial charge in [-0.15, -0.1) is 0 Å². The molecular weight excluding hydrogens is 362 g/mol. The van der Waals surface area contributed by atoms with E-state index in [1.165, 1.54) is 25.3 Å². The maximum absolute atomic E-state index is 12.6. The predicted octanol–water partition coefficient (Wildman–Crippen LogP) is 1.54. The molecule has 1 saturated heterocycles. The van der Waals surface area contributed by atoms with Crippen molar-refractivity contribution in [1.29, 1.82) is 0 Å². The largest absolute Gasteiger partial charge is 0.490 e. The van der Waals surface area contributed by atoms with E-state index < -0.39 is 14.9 Å². The van der Waals surface area contributed by atoms with E-state index >= 15 is 0 Å². The number of benzene rings is 1. The van der Waals surface area contributed by atoms with Crippen LogP contribution in [0.1, 0.15) is 36.5 Å². The Morgan fingerprint density at radius 2 is 2.04 bits per heavy atom. The van der Waals surface area contributed by atoms with Crippen molar-refractivity contribution in [2.45, 2.75) is 32.2 Å². The first-order valence-electron chi connectivity index (χ1n) is 8.39. The number of sulfonamides is 1. The lowest BCUT2D eigenvalue weighted by Gasteiger charge is -2.32. The maximum atomic E-state index is 12.6. The molecule has 26 heavy (non-hydrogen) atoms. The predicted molar refractivity (Wildman–Crippen MR) is 95.8 cm³/mol. The van der Waals surface area contributed by atoms with Crippen LogP contribution in [0.2, 0.25) is 0 Å². The summed E-state index contributed by atoms with van der Waals surface area (Å²) in [5.41, 5.74) is -0.0527. The number of carbonyl (C=O) groups is 1. The van der Waals surface area contributed by atoms with E-state index in [0.717, 1.165) is 0 Å². The Morgan fingerprint density at radius 1 is 1.38 bits per heavy atom. The number of piperidine rings is 1. The number of hydrogen-bond donors (Lipinski definition) is 1. The van der Waals surface area contributed by atoms with Gasteiger partial charge in [-0.05, 0) is 31.4 Å². The lowest BCUT2D eigenvalue weighted by molar-refractivity contribution is -0.385. The molecule has 1 aliphatic heterocycles. The van der Waals surface area contributed by atoms with Gasteiger partial charge in [0, 0.05) is 30.8 Å². The fourth-order valence-electron chi connectivity index (χ4n) is 2.93. The molecule has 144 valence electrons. The summed E-state index contributed by atoms with van der Waals surface area (Å²) in [5.74, 6) is -0.136. The third-order valence-corrected chi connectivity index (χ3v) is 5.86. The molecule has 10 heteroatoms. The molecule has 0 atom stereocenters. The van der Waals surface area contributed by atoms with Gasteiger partial charge in [-0.3, -0.25) is 14.9 Å². The first kappa shape index (κ1) is 20.1. The number of rotatable bonds is 7. The molecule has 1 aliphatic rings. The van der Waals surface area contributed by atoms with E-state index in [-0.39, 0.29) is 34.7 Å². The zero-order chi connectivity index (χ0) is 19.3. The summed E-state index contributed by atoms with van der Waals surface area (Å²) in [4.78, 5) is 24.7. The van der Waals surface area contributed by atoms with Crippen LogP contribution in [0.15, 0.2) is 18.2 Å². The van der Waals surface area contributed by atoms with Crippen molar-refractivity contribution in [2.75, 3.05) is 26.0 Å².